The number of aromatic carboxylic acids is 1. The number of aryl methyl sites for hydroxylation is 1. The number of benzene rings is 2. The van der Waals surface area contributed by atoms with Crippen molar-refractivity contribution in [2.24, 2.45) is 5.92 Å². The molecule has 1 atom stereocenters. The van der Waals surface area contributed by atoms with Gasteiger partial charge in [-0.15, -0.1) is 5.48 Å². The summed E-state index contributed by atoms with van der Waals surface area (Å²) in [5.41, 5.74) is 4.55. The predicted molar refractivity (Wildman–Crippen MR) is 137 cm³/mol. The largest absolute Gasteiger partial charge is 0.489 e. The lowest BCUT2D eigenvalue weighted by Gasteiger charge is -2.48. The van der Waals surface area contributed by atoms with Gasteiger partial charge < -0.3 is 24.7 Å². The molecule has 1 saturated heterocycles. The second-order valence-electron chi connectivity index (χ2n) is 10.3. The van der Waals surface area contributed by atoms with Gasteiger partial charge in [0.2, 0.25) is 0 Å². The van der Waals surface area contributed by atoms with Crippen LogP contribution in [-0.4, -0.2) is 40.9 Å². The van der Waals surface area contributed by atoms with Gasteiger partial charge in [-0.05, 0) is 61.2 Å². The molecule has 0 bridgehead atoms. The van der Waals surface area contributed by atoms with Crippen LogP contribution in [0.4, 0.5) is 14.6 Å². The van der Waals surface area contributed by atoms with E-state index in [1.807, 2.05) is 24.0 Å². The van der Waals surface area contributed by atoms with Gasteiger partial charge in [-0.3, -0.25) is 0 Å². The van der Waals surface area contributed by atoms with Crippen LogP contribution < -0.4 is 15.1 Å². The number of β-amino-alcohol motifs (C(OH)–C–C–N with tert-alkyl or cyclic N) is 1. The van der Waals surface area contributed by atoms with E-state index in [1.165, 1.54) is 30.5 Å². The number of rotatable bonds is 8. The molecular weight excluding hydrogens is 508 g/mol. The molecule has 2 aromatic carbocycles. The fourth-order valence-corrected chi connectivity index (χ4v) is 5.28. The number of hydroxylamine groups is 1. The van der Waals surface area contributed by atoms with Crippen molar-refractivity contribution >= 4 is 11.8 Å². The summed E-state index contributed by atoms with van der Waals surface area (Å²) in [6, 6.07) is 11.3. The molecule has 2 aliphatic heterocycles. The Hall–Kier alpha value is -4.02. The van der Waals surface area contributed by atoms with Crippen molar-refractivity contribution in [3.8, 4) is 5.75 Å². The minimum atomic E-state index is -1.11. The number of hydrogen-bond donors (Lipinski definition) is 3. The average Bonchev–Trinajstić information content (AvgIpc) is 3.65. The molecule has 2 fully saturated rings. The zero-order valence-electron chi connectivity index (χ0n) is 21.2. The van der Waals surface area contributed by atoms with Gasteiger partial charge in [0.1, 0.15) is 41.2 Å². The van der Waals surface area contributed by atoms with Crippen LogP contribution in [0.15, 0.2) is 66.1 Å². The quantitative estimate of drug-likeness (QED) is 0.390. The molecule has 1 aromatic heterocycles. The van der Waals surface area contributed by atoms with Crippen molar-refractivity contribution in [1.29, 1.82) is 0 Å². The SMILES string of the molecule is Cc1cc(OCC2=C(C3CC3)ONC2c2ccc(F)cc2F)ccc1C1(O)CN(c2cc(C(=O)O)ccn2)C1. The monoisotopic (exact) mass is 535 g/mol. The van der Waals surface area contributed by atoms with Crippen LogP contribution in [0.1, 0.15) is 45.9 Å². The summed E-state index contributed by atoms with van der Waals surface area (Å²) in [7, 11) is 0. The van der Waals surface area contributed by atoms with Crippen LogP contribution in [0.5, 0.6) is 5.75 Å². The number of halogens is 2. The first-order valence-corrected chi connectivity index (χ1v) is 12.7. The normalized spacial score (nSPS) is 20.0. The van der Waals surface area contributed by atoms with Crippen molar-refractivity contribution in [1.82, 2.24) is 10.5 Å². The average molecular weight is 536 g/mol. The zero-order valence-corrected chi connectivity index (χ0v) is 21.2. The third kappa shape index (κ3) is 4.81. The fraction of sp³-hybridized carbons (Fsp3) is 0.310. The molecule has 3 heterocycles. The van der Waals surface area contributed by atoms with Crippen molar-refractivity contribution in [2.45, 2.75) is 31.4 Å². The molecule has 1 unspecified atom stereocenters. The standard InChI is InChI=1S/C29H27F2N3O5/c1-16-10-20(5-7-23(16)29(37)14-34(15-29)25-11-18(28(35)36)8-9-32-25)38-13-22-26(33-39-27(22)17-2-3-17)21-6-4-19(30)12-24(21)31/h4-12,17,26,33,37H,2-3,13-15H2,1H3,(H,35,36). The van der Waals surface area contributed by atoms with E-state index < -0.39 is 29.2 Å². The molecule has 10 heteroatoms. The van der Waals surface area contributed by atoms with E-state index in [4.69, 9.17) is 9.57 Å². The molecule has 1 aliphatic carbocycles. The molecule has 39 heavy (non-hydrogen) atoms. The van der Waals surface area contributed by atoms with Gasteiger partial charge in [-0.1, -0.05) is 12.1 Å². The highest BCUT2D eigenvalue weighted by molar-refractivity contribution is 5.88. The number of hydrogen-bond acceptors (Lipinski definition) is 7. The van der Waals surface area contributed by atoms with Gasteiger partial charge in [0, 0.05) is 29.3 Å². The lowest BCUT2D eigenvalue weighted by molar-refractivity contribution is 0.00645. The third-order valence-electron chi connectivity index (χ3n) is 7.49. The first-order chi connectivity index (χ1) is 18.7. The van der Waals surface area contributed by atoms with Gasteiger partial charge in [-0.25, -0.2) is 18.6 Å². The fourth-order valence-electron chi connectivity index (χ4n) is 5.28. The lowest BCUT2D eigenvalue weighted by atomic mass is 9.83. The number of nitrogens with zero attached hydrogens (tertiary/aromatic N) is 2. The molecule has 3 aliphatic rings. The Bertz CT molecular complexity index is 1480. The maximum Gasteiger partial charge on any atom is 0.335 e. The number of nitrogens with one attached hydrogen (secondary N) is 1. The number of aliphatic hydroxyl groups is 1. The number of pyridine rings is 1. The summed E-state index contributed by atoms with van der Waals surface area (Å²) < 4.78 is 34.2. The Kier molecular flexibility index (Phi) is 6.23. The van der Waals surface area contributed by atoms with E-state index in [-0.39, 0.29) is 36.7 Å². The number of carbonyl (C=O) groups is 1. The highest BCUT2D eigenvalue weighted by Crippen LogP contribution is 2.45. The molecule has 3 N–H and O–H groups in total. The first kappa shape index (κ1) is 25.3. The minimum Gasteiger partial charge on any atom is -0.489 e. The maximum atomic E-state index is 14.6. The molecule has 202 valence electrons. The minimum absolute atomic E-state index is 0.139. The number of anilines is 1. The van der Waals surface area contributed by atoms with Gasteiger partial charge in [0.25, 0.3) is 0 Å². The lowest BCUT2D eigenvalue weighted by Crippen LogP contribution is -2.60. The Morgan fingerprint density at radius 2 is 1.97 bits per heavy atom. The van der Waals surface area contributed by atoms with Gasteiger partial charge in [-0.2, -0.15) is 0 Å². The first-order valence-electron chi connectivity index (χ1n) is 12.7. The Morgan fingerprint density at radius 1 is 1.18 bits per heavy atom. The van der Waals surface area contributed by atoms with E-state index in [0.29, 0.717) is 11.6 Å². The van der Waals surface area contributed by atoms with Crippen LogP contribution in [0.25, 0.3) is 0 Å². The summed E-state index contributed by atoms with van der Waals surface area (Å²) >= 11 is 0. The summed E-state index contributed by atoms with van der Waals surface area (Å²) in [5, 5.41) is 20.5. The molecule has 0 spiro atoms. The van der Waals surface area contributed by atoms with Crippen LogP contribution in [0, 0.1) is 24.5 Å². The number of aromatic nitrogens is 1. The second kappa shape index (κ2) is 9.62. The molecule has 8 nitrogen and oxygen atoms in total. The van der Waals surface area contributed by atoms with Crippen molar-refractivity contribution in [3.05, 3.63) is 99.9 Å². The van der Waals surface area contributed by atoms with Gasteiger partial charge in [0.05, 0.1) is 24.7 Å². The van der Waals surface area contributed by atoms with Crippen molar-refractivity contribution in [2.75, 3.05) is 24.6 Å². The zero-order chi connectivity index (χ0) is 27.3. The molecule has 1 saturated carbocycles. The molecule has 6 rings (SSSR count). The van der Waals surface area contributed by atoms with E-state index in [2.05, 4.69) is 10.5 Å². The van der Waals surface area contributed by atoms with Crippen LogP contribution in [-0.2, 0) is 10.4 Å². The Balaban J connectivity index is 1.16. The smallest absolute Gasteiger partial charge is 0.335 e. The van der Waals surface area contributed by atoms with E-state index in [9.17, 15) is 23.8 Å². The summed E-state index contributed by atoms with van der Waals surface area (Å²) in [4.78, 5) is 23.0. The number of carboxylic acid groups (broad SMARTS) is 1. The van der Waals surface area contributed by atoms with Crippen LogP contribution >= 0.6 is 0 Å². The van der Waals surface area contributed by atoms with E-state index >= 15 is 0 Å². The predicted octanol–water partition coefficient (Wildman–Crippen LogP) is 4.39. The maximum absolute atomic E-state index is 14.6. The number of allylic oxidation sites excluding steroid dienone is 1. The van der Waals surface area contributed by atoms with Crippen molar-refractivity contribution < 1.29 is 33.4 Å². The molecule has 0 amide bonds. The second-order valence-corrected chi connectivity index (χ2v) is 10.3. The summed E-state index contributed by atoms with van der Waals surface area (Å²) in [6.07, 6.45) is 3.41. The van der Waals surface area contributed by atoms with E-state index in [0.717, 1.165) is 41.4 Å². The summed E-state index contributed by atoms with van der Waals surface area (Å²) in [6.45, 7) is 2.59. The Labute approximate surface area is 223 Å². The summed E-state index contributed by atoms with van der Waals surface area (Å²) in [5.74, 6) is -0.238. The number of ether oxygens (including phenoxy) is 1. The van der Waals surface area contributed by atoms with E-state index in [1.54, 1.807) is 6.07 Å². The molecular formula is C29H27F2N3O5. The molecule has 0 radical (unpaired) electrons. The third-order valence-corrected chi connectivity index (χ3v) is 7.49. The topological polar surface area (TPSA) is 104 Å². The highest BCUT2D eigenvalue weighted by atomic mass is 19.1. The van der Waals surface area contributed by atoms with Gasteiger partial charge in [0.15, 0.2) is 0 Å². The Morgan fingerprint density at radius 3 is 2.67 bits per heavy atom. The van der Waals surface area contributed by atoms with Gasteiger partial charge >= 0.3 is 5.97 Å². The molecule has 3 aromatic rings. The van der Waals surface area contributed by atoms with Crippen molar-refractivity contribution in [3.63, 3.8) is 0 Å². The van der Waals surface area contributed by atoms with Crippen LogP contribution in [0.3, 0.4) is 0 Å². The number of carboxylic acids is 1. The highest BCUT2D eigenvalue weighted by Gasteiger charge is 2.44. The van der Waals surface area contributed by atoms with Crippen LogP contribution in [0.2, 0.25) is 0 Å².